The lowest BCUT2D eigenvalue weighted by molar-refractivity contribution is -0.138. The monoisotopic (exact) mass is 457 g/mol. The Kier molecular flexibility index (Phi) is 7.90. The van der Waals surface area contributed by atoms with E-state index < -0.39 is 10.0 Å². The maximum Gasteiger partial charge on any atom is 0.243 e. The summed E-state index contributed by atoms with van der Waals surface area (Å²) in [4.78, 5) is 28.8. The topological polar surface area (TPSA) is 78.0 Å². The van der Waals surface area contributed by atoms with E-state index in [0.717, 1.165) is 29.0 Å². The number of anilines is 1. The van der Waals surface area contributed by atoms with Crippen molar-refractivity contribution in [2.24, 2.45) is 0 Å². The Morgan fingerprint density at radius 1 is 0.875 bits per heavy atom. The fraction of sp³-hybridized carbons (Fsp3) is 0.417. The number of para-hydroxylation sites is 1. The van der Waals surface area contributed by atoms with E-state index in [4.69, 9.17) is 0 Å². The van der Waals surface area contributed by atoms with Gasteiger partial charge >= 0.3 is 0 Å². The van der Waals surface area contributed by atoms with Crippen molar-refractivity contribution >= 4 is 27.5 Å². The summed E-state index contributed by atoms with van der Waals surface area (Å²) in [6, 6.07) is 17.2. The zero-order chi connectivity index (χ0) is 23.1. The van der Waals surface area contributed by atoms with Crippen LogP contribution < -0.4 is 4.31 Å². The van der Waals surface area contributed by atoms with E-state index in [1.807, 2.05) is 37.3 Å². The maximum absolute atomic E-state index is 12.9. The lowest BCUT2D eigenvalue weighted by atomic mass is 10.1. The summed E-state index contributed by atoms with van der Waals surface area (Å²) < 4.78 is 25.9. The minimum absolute atomic E-state index is 0.103. The Morgan fingerprint density at radius 2 is 1.44 bits per heavy atom. The quantitative estimate of drug-likeness (QED) is 0.610. The summed E-state index contributed by atoms with van der Waals surface area (Å²) in [5.74, 6) is -0.152. The van der Waals surface area contributed by atoms with E-state index in [1.54, 1.807) is 21.9 Å². The first-order valence-electron chi connectivity index (χ1n) is 10.9. The standard InChI is InChI=1S/C24H31N3O4S/c1-20-9-6-7-13-22(20)27(32(2,30)31)19-24(29)26-17-15-25(16-18-26)23(28)14-8-12-21-10-4-3-5-11-21/h3-7,9-11,13H,8,12,14-19H2,1-2H3. The fourth-order valence-electron chi connectivity index (χ4n) is 3.90. The molecule has 1 heterocycles. The van der Waals surface area contributed by atoms with Crippen LogP contribution in [0.15, 0.2) is 54.6 Å². The van der Waals surface area contributed by atoms with Gasteiger partial charge in [0.15, 0.2) is 0 Å². The van der Waals surface area contributed by atoms with Crippen LogP contribution in [0.2, 0.25) is 0 Å². The Balaban J connectivity index is 1.51. The van der Waals surface area contributed by atoms with Gasteiger partial charge in [0.25, 0.3) is 0 Å². The summed E-state index contributed by atoms with van der Waals surface area (Å²) in [5.41, 5.74) is 2.52. The van der Waals surface area contributed by atoms with Crippen LogP contribution in [0.1, 0.15) is 24.0 Å². The minimum Gasteiger partial charge on any atom is -0.339 e. The molecule has 2 amide bonds. The Bertz CT molecular complexity index is 1030. The SMILES string of the molecule is Cc1ccccc1N(CC(=O)N1CCN(C(=O)CCCc2ccccc2)CC1)S(C)(=O)=O. The van der Waals surface area contributed by atoms with Crippen molar-refractivity contribution < 1.29 is 18.0 Å². The van der Waals surface area contributed by atoms with Crippen LogP contribution in [0, 0.1) is 6.92 Å². The number of amides is 2. The number of carbonyl (C=O) groups excluding carboxylic acids is 2. The number of nitrogens with zero attached hydrogens (tertiary/aromatic N) is 3. The second-order valence-corrected chi connectivity index (χ2v) is 10.1. The van der Waals surface area contributed by atoms with E-state index in [0.29, 0.717) is 38.3 Å². The van der Waals surface area contributed by atoms with Crippen LogP contribution >= 0.6 is 0 Å². The molecule has 2 aromatic carbocycles. The molecular formula is C24H31N3O4S. The molecule has 0 radical (unpaired) electrons. The Morgan fingerprint density at radius 3 is 2.03 bits per heavy atom. The molecule has 0 unspecified atom stereocenters. The third-order valence-corrected chi connectivity index (χ3v) is 6.87. The molecule has 32 heavy (non-hydrogen) atoms. The molecule has 8 heteroatoms. The van der Waals surface area contributed by atoms with Crippen molar-refractivity contribution in [2.75, 3.05) is 43.3 Å². The Hall–Kier alpha value is -2.87. The largest absolute Gasteiger partial charge is 0.339 e. The molecule has 7 nitrogen and oxygen atoms in total. The molecule has 1 saturated heterocycles. The van der Waals surface area contributed by atoms with Crippen molar-refractivity contribution in [3.63, 3.8) is 0 Å². The first-order valence-corrected chi connectivity index (χ1v) is 12.7. The molecule has 0 atom stereocenters. The predicted octanol–water partition coefficient (Wildman–Crippen LogP) is 2.45. The van der Waals surface area contributed by atoms with Gasteiger partial charge in [-0.25, -0.2) is 8.42 Å². The maximum atomic E-state index is 12.9. The molecule has 1 aliphatic rings. The van der Waals surface area contributed by atoms with Gasteiger partial charge in [-0.05, 0) is 37.0 Å². The molecule has 0 N–H and O–H groups in total. The van der Waals surface area contributed by atoms with Crippen molar-refractivity contribution in [1.82, 2.24) is 9.80 Å². The molecular weight excluding hydrogens is 426 g/mol. The summed E-state index contributed by atoms with van der Waals surface area (Å²) in [5, 5.41) is 0. The highest BCUT2D eigenvalue weighted by Crippen LogP contribution is 2.22. The highest BCUT2D eigenvalue weighted by Gasteiger charge is 2.28. The second-order valence-electron chi connectivity index (χ2n) is 8.16. The van der Waals surface area contributed by atoms with E-state index in [-0.39, 0.29) is 18.4 Å². The van der Waals surface area contributed by atoms with Gasteiger partial charge in [0.1, 0.15) is 6.54 Å². The lowest BCUT2D eigenvalue weighted by Gasteiger charge is -2.36. The fourth-order valence-corrected chi connectivity index (χ4v) is 4.81. The van der Waals surface area contributed by atoms with E-state index in [2.05, 4.69) is 12.1 Å². The number of benzene rings is 2. The average molecular weight is 458 g/mol. The van der Waals surface area contributed by atoms with Crippen molar-refractivity contribution in [3.8, 4) is 0 Å². The van der Waals surface area contributed by atoms with E-state index in [1.165, 1.54) is 5.56 Å². The first-order chi connectivity index (χ1) is 15.3. The number of piperazine rings is 1. The van der Waals surface area contributed by atoms with Gasteiger partial charge in [-0.15, -0.1) is 0 Å². The number of aryl methyl sites for hydroxylation is 2. The highest BCUT2D eigenvalue weighted by molar-refractivity contribution is 7.92. The molecule has 0 bridgehead atoms. The van der Waals surface area contributed by atoms with Gasteiger partial charge in [-0.1, -0.05) is 48.5 Å². The van der Waals surface area contributed by atoms with Gasteiger partial charge in [0, 0.05) is 32.6 Å². The normalized spacial score (nSPS) is 14.3. The number of carbonyl (C=O) groups is 2. The summed E-state index contributed by atoms with van der Waals surface area (Å²) in [6.07, 6.45) is 3.25. The van der Waals surface area contributed by atoms with Crippen molar-refractivity contribution in [1.29, 1.82) is 0 Å². The molecule has 0 saturated carbocycles. The molecule has 0 spiro atoms. The summed E-state index contributed by atoms with van der Waals surface area (Å²) >= 11 is 0. The van der Waals surface area contributed by atoms with Crippen LogP contribution in [0.5, 0.6) is 0 Å². The molecule has 3 rings (SSSR count). The van der Waals surface area contributed by atoms with Crippen molar-refractivity contribution in [2.45, 2.75) is 26.2 Å². The van der Waals surface area contributed by atoms with Gasteiger partial charge in [-0.3, -0.25) is 13.9 Å². The first kappa shape index (κ1) is 23.8. The molecule has 1 aliphatic heterocycles. The highest BCUT2D eigenvalue weighted by atomic mass is 32.2. The number of sulfonamides is 1. The Labute approximate surface area is 190 Å². The van der Waals surface area contributed by atoms with Crippen LogP contribution in [0.3, 0.4) is 0 Å². The van der Waals surface area contributed by atoms with Gasteiger partial charge < -0.3 is 9.80 Å². The minimum atomic E-state index is -3.61. The van der Waals surface area contributed by atoms with E-state index >= 15 is 0 Å². The van der Waals surface area contributed by atoms with Gasteiger partial charge in [-0.2, -0.15) is 0 Å². The van der Waals surface area contributed by atoms with Crippen LogP contribution in [-0.4, -0.2) is 69.0 Å². The number of hydrogen-bond acceptors (Lipinski definition) is 4. The smallest absolute Gasteiger partial charge is 0.243 e. The van der Waals surface area contributed by atoms with Gasteiger partial charge in [0.2, 0.25) is 21.8 Å². The summed E-state index contributed by atoms with van der Waals surface area (Å²) in [7, 11) is -3.61. The number of hydrogen-bond donors (Lipinski definition) is 0. The third kappa shape index (κ3) is 6.32. The zero-order valence-electron chi connectivity index (χ0n) is 18.7. The third-order valence-electron chi connectivity index (χ3n) is 5.75. The van der Waals surface area contributed by atoms with Crippen molar-refractivity contribution in [3.05, 3.63) is 65.7 Å². The van der Waals surface area contributed by atoms with E-state index in [9.17, 15) is 18.0 Å². The zero-order valence-corrected chi connectivity index (χ0v) is 19.6. The molecule has 0 aliphatic carbocycles. The molecule has 2 aromatic rings. The van der Waals surface area contributed by atoms with Crippen LogP contribution in [0.4, 0.5) is 5.69 Å². The predicted molar refractivity (Wildman–Crippen MR) is 126 cm³/mol. The second kappa shape index (κ2) is 10.6. The average Bonchev–Trinajstić information content (AvgIpc) is 2.78. The van der Waals surface area contributed by atoms with Crippen LogP contribution in [-0.2, 0) is 26.0 Å². The molecule has 172 valence electrons. The lowest BCUT2D eigenvalue weighted by Crippen LogP contribution is -2.53. The van der Waals surface area contributed by atoms with Gasteiger partial charge in [0.05, 0.1) is 11.9 Å². The molecule has 1 fully saturated rings. The molecule has 0 aromatic heterocycles. The summed E-state index contributed by atoms with van der Waals surface area (Å²) in [6.45, 7) is 3.34. The number of rotatable bonds is 8. The van der Waals surface area contributed by atoms with Crippen LogP contribution in [0.25, 0.3) is 0 Å².